The van der Waals surface area contributed by atoms with Gasteiger partial charge in [-0.05, 0) is 24.3 Å². The predicted octanol–water partition coefficient (Wildman–Crippen LogP) is 2.39. The maximum Gasteiger partial charge on any atom is 0.305 e. The monoisotopic (exact) mass is 248 g/mol. The van der Waals surface area contributed by atoms with Gasteiger partial charge in [-0.3, -0.25) is 9.59 Å². The van der Waals surface area contributed by atoms with Gasteiger partial charge in [0.05, 0.1) is 13.5 Å². The third kappa shape index (κ3) is 4.41. The summed E-state index contributed by atoms with van der Waals surface area (Å²) in [5, 5.41) is 0. The number of carbonyl (C=O) groups is 2. The van der Waals surface area contributed by atoms with Crippen LogP contribution < -0.4 is 4.74 Å². The topological polar surface area (TPSA) is 52.6 Å². The second-order valence-electron chi connectivity index (χ2n) is 3.62. The zero-order valence-electron chi connectivity index (χ0n) is 10.3. The second-order valence-corrected chi connectivity index (χ2v) is 3.62. The van der Waals surface area contributed by atoms with Crippen LogP contribution in [-0.2, 0) is 9.53 Å². The van der Waals surface area contributed by atoms with Gasteiger partial charge in [0, 0.05) is 12.0 Å². The van der Waals surface area contributed by atoms with Gasteiger partial charge in [-0.25, -0.2) is 0 Å². The normalized spacial score (nSPS) is 9.61. The van der Waals surface area contributed by atoms with Gasteiger partial charge < -0.3 is 9.47 Å². The van der Waals surface area contributed by atoms with Crippen LogP contribution in [0.15, 0.2) is 36.9 Å². The number of methoxy groups -OCH3 is 1. The molecule has 0 aliphatic carbocycles. The first-order valence-corrected chi connectivity index (χ1v) is 5.61. The number of hydrogen-bond donors (Lipinski definition) is 0. The number of carbonyl (C=O) groups excluding carboxylic acids is 2. The molecule has 0 aromatic heterocycles. The number of benzene rings is 1. The molecule has 1 rings (SSSR count). The zero-order valence-corrected chi connectivity index (χ0v) is 10.3. The molecule has 0 aliphatic heterocycles. The minimum atomic E-state index is -0.380. The fourth-order valence-corrected chi connectivity index (χ4v) is 1.35. The minimum absolute atomic E-state index is 0.0873. The van der Waals surface area contributed by atoms with E-state index in [9.17, 15) is 9.59 Å². The SMILES string of the molecule is C=CCOc1ccc(C(=O)CCC(=O)OC)cc1. The van der Waals surface area contributed by atoms with E-state index in [2.05, 4.69) is 11.3 Å². The Kier molecular flexibility index (Phi) is 5.64. The van der Waals surface area contributed by atoms with Crippen molar-refractivity contribution < 1.29 is 19.1 Å². The Morgan fingerprint density at radius 3 is 2.44 bits per heavy atom. The van der Waals surface area contributed by atoms with Crippen LogP contribution in [0.5, 0.6) is 5.75 Å². The summed E-state index contributed by atoms with van der Waals surface area (Å²) >= 11 is 0. The lowest BCUT2D eigenvalue weighted by Crippen LogP contribution is -2.06. The van der Waals surface area contributed by atoms with Gasteiger partial charge in [-0.15, -0.1) is 0 Å². The number of rotatable bonds is 7. The molecule has 0 radical (unpaired) electrons. The van der Waals surface area contributed by atoms with Gasteiger partial charge in [0.2, 0.25) is 0 Å². The van der Waals surface area contributed by atoms with Crippen LogP contribution in [-0.4, -0.2) is 25.5 Å². The fourth-order valence-electron chi connectivity index (χ4n) is 1.35. The van der Waals surface area contributed by atoms with Crippen LogP contribution in [0.25, 0.3) is 0 Å². The van der Waals surface area contributed by atoms with Crippen LogP contribution >= 0.6 is 0 Å². The van der Waals surface area contributed by atoms with Crippen LogP contribution in [0, 0.1) is 0 Å². The van der Waals surface area contributed by atoms with Crippen molar-refractivity contribution in [1.29, 1.82) is 0 Å². The lowest BCUT2D eigenvalue weighted by molar-refractivity contribution is -0.140. The largest absolute Gasteiger partial charge is 0.490 e. The van der Waals surface area contributed by atoms with Gasteiger partial charge in [-0.2, -0.15) is 0 Å². The van der Waals surface area contributed by atoms with Crippen molar-refractivity contribution >= 4 is 11.8 Å². The molecule has 96 valence electrons. The van der Waals surface area contributed by atoms with Gasteiger partial charge >= 0.3 is 5.97 Å². The molecule has 4 heteroatoms. The summed E-state index contributed by atoms with van der Waals surface area (Å²) in [5.41, 5.74) is 0.560. The number of esters is 1. The van der Waals surface area contributed by atoms with Crippen molar-refractivity contribution in [2.45, 2.75) is 12.8 Å². The van der Waals surface area contributed by atoms with Crippen molar-refractivity contribution in [3.63, 3.8) is 0 Å². The van der Waals surface area contributed by atoms with E-state index < -0.39 is 0 Å². The maximum atomic E-state index is 11.7. The van der Waals surface area contributed by atoms with Crippen molar-refractivity contribution in [2.75, 3.05) is 13.7 Å². The summed E-state index contributed by atoms with van der Waals surface area (Å²) in [6.07, 6.45) is 1.90. The Bertz CT molecular complexity index is 420. The molecule has 0 N–H and O–H groups in total. The van der Waals surface area contributed by atoms with E-state index in [4.69, 9.17) is 4.74 Å². The smallest absolute Gasteiger partial charge is 0.305 e. The quantitative estimate of drug-likeness (QED) is 0.422. The van der Waals surface area contributed by atoms with Crippen molar-refractivity contribution in [3.8, 4) is 5.75 Å². The van der Waals surface area contributed by atoms with Crippen molar-refractivity contribution in [2.24, 2.45) is 0 Å². The molecule has 0 fully saturated rings. The maximum absolute atomic E-state index is 11.7. The van der Waals surface area contributed by atoms with E-state index in [0.29, 0.717) is 17.9 Å². The Labute approximate surface area is 106 Å². The molecule has 1 aromatic rings. The molecule has 0 saturated carbocycles. The van der Waals surface area contributed by atoms with Gasteiger partial charge in [-0.1, -0.05) is 12.7 Å². The molecule has 0 heterocycles. The van der Waals surface area contributed by atoms with Gasteiger partial charge in [0.25, 0.3) is 0 Å². The minimum Gasteiger partial charge on any atom is -0.490 e. The van der Waals surface area contributed by atoms with Gasteiger partial charge in [0.15, 0.2) is 5.78 Å². The first-order chi connectivity index (χ1) is 8.67. The number of Topliss-reactive ketones (excluding diaryl/α,β-unsaturated/α-hetero) is 1. The molecule has 1 aromatic carbocycles. The third-order valence-corrected chi connectivity index (χ3v) is 2.33. The Balaban J connectivity index is 2.53. The van der Waals surface area contributed by atoms with E-state index in [0.717, 1.165) is 0 Å². The number of hydrogen-bond acceptors (Lipinski definition) is 4. The highest BCUT2D eigenvalue weighted by molar-refractivity contribution is 5.97. The van der Waals surface area contributed by atoms with E-state index >= 15 is 0 Å². The van der Waals surface area contributed by atoms with Crippen molar-refractivity contribution in [3.05, 3.63) is 42.5 Å². The standard InChI is InChI=1S/C14H16O4/c1-3-10-18-12-6-4-11(5-7-12)13(15)8-9-14(16)17-2/h3-7H,1,8-10H2,2H3. The third-order valence-electron chi connectivity index (χ3n) is 2.33. The molecule has 0 saturated heterocycles. The van der Waals surface area contributed by atoms with E-state index in [1.54, 1.807) is 30.3 Å². The van der Waals surface area contributed by atoms with Crippen LogP contribution in [0.3, 0.4) is 0 Å². The Morgan fingerprint density at radius 1 is 1.22 bits per heavy atom. The molecular formula is C14H16O4. The van der Waals surface area contributed by atoms with Gasteiger partial charge in [0.1, 0.15) is 12.4 Å². The van der Waals surface area contributed by atoms with Crippen LogP contribution in [0.1, 0.15) is 23.2 Å². The average Bonchev–Trinajstić information content (AvgIpc) is 2.42. The summed E-state index contributed by atoms with van der Waals surface area (Å²) < 4.78 is 9.78. The molecule has 0 unspecified atom stereocenters. The lowest BCUT2D eigenvalue weighted by atomic mass is 10.1. The average molecular weight is 248 g/mol. The first kappa shape index (κ1) is 14.0. The predicted molar refractivity (Wildman–Crippen MR) is 67.7 cm³/mol. The fraction of sp³-hybridized carbons (Fsp3) is 0.286. The first-order valence-electron chi connectivity index (χ1n) is 5.61. The van der Waals surface area contributed by atoms with Crippen molar-refractivity contribution in [1.82, 2.24) is 0 Å². The Morgan fingerprint density at radius 2 is 1.89 bits per heavy atom. The summed E-state index contributed by atoms with van der Waals surface area (Å²) in [7, 11) is 1.30. The summed E-state index contributed by atoms with van der Waals surface area (Å²) in [6, 6.07) is 6.79. The molecule has 0 bridgehead atoms. The second kappa shape index (κ2) is 7.27. The highest BCUT2D eigenvalue weighted by atomic mass is 16.5. The summed E-state index contributed by atoms with van der Waals surface area (Å²) in [5.74, 6) is 0.212. The molecule has 4 nitrogen and oxygen atoms in total. The lowest BCUT2D eigenvalue weighted by Gasteiger charge is -2.04. The van der Waals surface area contributed by atoms with E-state index in [1.807, 2.05) is 0 Å². The summed E-state index contributed by atoms with van der Waals surface area (Å²) in [6.45, 7) is 3.97. The van der Waals surface area contributed by atoms with Crippen LogP contribution in [0.4, 0.5) is 0 Å². The molecule has 0 spiro atoms. The summed E-state index contributed by atoms with van der Waals surface area (Å²) in [4.78, 5) is 22.6. The molecule has 0 amide bonds. The molecule has 18 heavy (non-hydrogen) atoms. The van der Waals surface area contributed by atoms with Crippen LogP contribution in [0.2, 0.25) is 0 Å². The number of ether oxygens (including phenoxy) is 2. The number of ketones is 1. The highest BCUT2D eigenvalue weighted by Gasteiger charge is 2.09. The Hall–Kier alpha value is -2.10. The highest BCUT2D eigenvalue weighted by Crippen LogP contribution is 2.14. The molecule has 0 aliphatic rings. The zero-order chi connectivity index (χ0) is 13.4. The van der Waals surface area contributed by atoms with E-state index in [-0.39, 0.29) is 24.6 Å². The molecule has 0 atom stereocenters. The van der Waals surface area contributed by atoms with E-state index in [1.165, 1.54) is 7.11 Å². The molecular weight excluding hydrogens is 232 g/mol.